The Morgan fingerprint density at radius 1 is 1.40 bits per heavy atom. The molecule has 6 nitrogen and oxygen atoms in total. The largest absolute Gasteiger partial charge is 0.487 e. The Balaban J connectivity index is 2.69. The molecular weight excluding hydrogens is 284 g/mol. The second kappa shape index (κ2) is 7.59. The van der Waals surface area contributed by atoms with Gasteiger partial charge in [0.15, 0.2) is 5.75 Å². The van der Waals surface area contributed by atoms with Gasteiger partial charge in [0, 0.05) is 6.54 Å². The van der Waals surface area contributed by atoms with Crippen LogP contribution < -0.4 is 15.4 Å². The van der Waals surface area contributed by atoms with Crippen LogP contribution >= 0.6 is 11.6 Å². The summed E-state index contributed by atoms with van der Waals surface area (Å²) < 4.78 is 5.55. The molecule has 0 bridgehead atoms. The number of hydrogen-bond acceptors (Lipinski definition) is 3. The lowest BCUT2D eigenvalue weighted by molar-refractivity contribution is -0.136. The van der Waals surface area contributed by atoms with Crippen LogP contribution in [0.25, 0.3) is 0 Å². The molecule has 0 aromatic heterocycles. The van der Waals surface area contributed by atoms with Gasteiger partial charge in [0.2, 0.25) is 0 Å². The van der Waals surface area contributed by atoms with Crippen molar-refractivity contribution in [1.82, 2.24) is 5.32 Å². The topological polar surface area (TPSA) is 87.7 Å². The van der Waals surface area contributed by atoms with Gasteiger partial charge in [-0.3, -0.25) is 4.79 Å². The number of nitrogens with one attached hydrogen (secondary N) is 2. The van der Waals surface area contributed by atoms with Gasteiger partial charge in [0.1, 0.15) is 0 Å². The number of hydrogen-bond donors (Lipinski definition) is 3. The third-order valence-corrected chi connectivity index (χ3v) is 2.49. The van der Waals surface area contributed by atoms with Gasteiger partial charge in [0.25, 0.3) is 0 Å². The summed E-state index contributed by atoms with van der Waals surface area (Å²) in [6.45, 7) is 3.74. The SMILES string of the molecule is CC(C)Oc1c(Cl)cccc1NC(=O)NCCC(=O)O. The maximum Gasteiger partial charge on any atom is 0.319 e. The van der Waals surface area contributed by atoms with E-state index >= 15 is 0 Å². The predicted octanol–water partition coefficient (Wildman–Crippen LogP) is 2.72. The monoisotopic (exact) mass is 300 g/mol. The molecule has 1 aromatic carbocycles. The van der Waals surface area contributed by atoms with Crippen molar-refractivity contribution in [2.75, 3.05) is 11.9 Å². The Morgan fingerprint density at radius 3 is 2.70 bits per heavy atom. The van der Waals surface area contributed by atoms with E-state index in [2.05, 4.69) is 10.6 Å². The first kappa shape index (κ1) is 16.1. The van der Waals surface area contributed by atoms with E-state index in [0.29, 0.717) is 16.5 Å². The zero-order chi connectivity index (χ0) is 15.1. The van der Waals surface area contributed by atoms with Crippen molar-refractivity contribution >= 4 is 29.3 Å². The van der Waals surface area contributed by atoms with Gasteiger partial charge in [-0.2, -0.15) is 0 Å². The van der Waals surface area contributed by atoms with Gasteiger partial charge >= 0.3 is 12.0 Å². The summed E-state index contributed by atoms with van der Waals surface area (Å²) in [6, 6.07) is 4.48. The summed E-state index contributed by atoms with van der Waals surface area (Å²) in [5.41, 5.74) is 0.430. The molecule has 0 aliphatic carbocycles. The number of rotatable bonds is 6. The molecule has 110 valence electrons. The van der Waals surface area contributed by atoms with Gasteiger partial charge < -0.3 is 20.5 Å². The minimum Gasteiger partial charge on any atom is -0.487 e. The van der Waals surface area contributed by atoms with Crippen LogP contribution in [0.5, 0.6) is 5.75 Å². The predicted molar refractivity (Wildman–Crippen MR) is 76.5 cm³/mol. The van der Waals surface area contributed by atoms with E-state index in [0.717, 1.165) is 0 Å². The zero-order valence-electron chi connectivity index (χ0n) is 11.3. The van der Waals surface area contributed by atoms with Crippen molar-refractivity contribution < 1.29 is 19.4 Å². The molecule has 1 rings (SSSR count). The first-order chi connectivity index (χ1) is 9.40. The van der Waals surface area contributed by atoms with Crippen molar-refractivity contribution in [1.29, 1.82) is 0 Å². The van der Waals surface area contributed by atoms with E-state index in [4.69, 9.17) is 21.4 Å². The number of carbonyl (C=O) groups excluding carboxylic acids is 1. The minimum absolute atomic E-state index is 0.0438. The molecule has 0 radical (unpaired) electrons. The van der Waals surface area contributed by atoms with E-state index in [-0.39, 0.29) is 19.1 Å². The lowest BCUT2D eigenvalue weighted by Gasteiger charge is -2.16. The van der Waals surface area contributed by atoms with E-state index in [1.54, 1.807) is 18.2 Å². The average molecular weight is 301 g/mol. The van der Waals surface area contributed by atoms with Crippen LogP contribution in [-0.2, 0) is 4.79 Å². The van der Waals surface area contributed by atoms with Crippen molar-refractivity contribution in [3.63, 3.8) is 0 Å². The normalized spacial score (nSPS) is 10.2. The number of benzene rings is 1. The number of amides is 2. The lowest BCUT2D eigenvalue weighted by Crippen LogP contribution is -2.30. The van der Waals surface area contributed by atoms with Gasteiger partial charge in [-0.15, -0.1) is 0 Å². The molecule has 0 unspecified atom stereocenters. The molecule has 20 heavy (non-hydrogen) atoms. The fourth-order valence-electron chi connectivity index (χ4n) is 1.41. The fraction of sp³-hybridized carbons (Fsp3) is 0.385. The number of carbonyl (C=O) groups is 2. The fourth-order valence-corrected chi connectivity index (χ4v) is 1.63. The number of urea groups is 1. The highest BCUT2D eigenvalue weighted by Gasteiger charge is 2.12. The van der Waals surface area contributed by atoms with Crippen molar-refractivity contribution in [2.45, 2.75) is 26.4 Å². The molecule has 7 heteroatoms. The maximum atomic E-state index is 11.6. The molecule has 0 spiro atoms. The van der Waals surface area contributed by atoms with E-state index in [9.17, 15) is 9.59 Å². The van der Waals surface area contributed by atoms with Crippen molar-refractivity contribution in [3.8, 4) is 5.75 Å². The number of halogens is 1. The number of carboxylic acid groups (broad SMARTS) is 1. The van der Waals surface area contributed by atoms with Gasteiger partial charge in [-0.05, 0) is 26.0 Å². The smallest absolute Gasteiger partial charge is 0.319 e. The summed E-state index contributed by atoms with van der Waals surface area (Å²) in [6.07, 6.45) is -0.233. The zero-order valence-corrected chi connectivity index (χ0v) is 12.0. The highest BCUT2D eigenvalue weighted by molar-refractivity contribution is 6.32. The molecule has 0 atom stereocenters. The lowest BCUT2D eigenvalue weighted by atomic mass is 10.3. The van der Waals surface area contributed by atoms with Crippen LogP contribution in [0.2, 0.25) is 5.02 Å². The molecule has 0 aliphatic heterocycles. The average Bonchev–Trinajstić information content (AvgIpc) is 2.32. The van der Waals surface area contributed by atoms with Crippen LogP contribution in [0, 0.1) is 0 Å². The molecular formula is C13H17ClN2O4. The Labute approximate surface area is 122 Å². The third kappa shape index (κ3) is 5.36. The highest BCUT2D eigenvalue weighted by atomic mass is 35.5. The van der Waals surface area contributed by atoms with Crippen molar-refractivity contribution in [3.05, 3.63) is 23.2 Å². The standard InChI is InChI=1S/C13H17ClN2O4/c1-8(2)20-12-9(14)4-3-5-10(12)16-13(19)15-7-6-11(17)18/h3-5,8H,6-7H2,1-2H3,(H,17,18)(H2,15,16,19). The molecule has 0 saturated carbocycles. The Morgan fingerprint density at radius 2 is 2.10 bits per heavy atom. The van der Waals surface area contributed by atoms with E-state index in [1.165, 1.54) is 0 Å². The number of para-hydroxylation sites is 1. The molecule has 0 fully saturated rings. The Kier molecular flexibility index (Phi) is 6.11. The number of ether oxygens (including phenoxy) is 1. The van der Waals surface area contributed by atoms with Gasteiger partial charge in [-0.1, -0.05) is 17.7 Å². The second-order valence-corrected chi connectivity index (χ2v) is 4.71. The summed E-state index contributed by atoms with van der Waals surface area (Å²) in [5, 5.41) is 13.9. The van der Waals surface area contributed by atoms with Crippen LogP contribution in [0.1, 0.15) is 20.3 Å². The third-order valence-electron chi connectivity index (χ3n) is 2.19. The quantitative estimate of drug-likeness (QED) is 0.754. The van der Waals surface area contributed by atoms with Crippen LogP contribution in [-0.4, -0.2) is 29.8 Å². The Hall–Kier alpha value is -1.95. The molecule has 2 amide bonds. The van der Waals surface area contributed by atoms with Crippen LogP contribution in [0.15, 0.2) is 18.2 Å². The maximum absolute atomic E-state index is 11.6. The molecule has 0 heterocycles. The van der Waals surface area contributed by atoms with Crippen LogP contribution in [0.4, 0.5) is 10.5 Å². The first-order valence-corrected chi connectivity index (χ1v) is 6.49. The highest BCUT2D eigenvalue weighted by Crippen LogP contribution is 2.33. The van der Waals surface area contributed by atoms with Crippen LogP contribution in [0.3, 0.4) is 0 Å². The molecule has 0 saturated heterocycles. The summed E-state index contributed by atoms with van der Waals surface area (Å²) >= 11 is 6.03. The summed E-state index contributed by atoms with van der Waals surface area (Å²) in [4.78, 5) is 22.0. The Bertz CT molecular complexity index is 491. The first-order valence-electron chi connectivity index (χ1n) is 6.12. The van der Waals surface area contributed by atoms with E-state index < -0.39 is 12.0 Å². The molecule has 3 N–H and O–H groups in total. The number of anilines is 1. The number of carboxylic acids is 1. The summed E-state index contributed by atoms with van der Waals surface area (Å²) in [5.74, 6) is -0.588. The molecule has 0 aliphatic rings. The minimum atomic E-state index is -0.975. The summed E-state index contributed by atoms with van der Waals surface area (Å²) in [7, 11) is 0. The molecule has 1 aromatic rings. The second-order valence-electron chi connectivity index (χ2n) is 4.31. The number of aliphatic carboxylic acids is 1. The van der Waals surface area contributed by atoms with Gasteiger partial charge in [0.05, 0.1) is 23.2 Å². The van der Waals surface area contributed by atoms with E-state index in [1.807, 2.05) is 13.8 Å². The van der Waals surface area contributed by atoms with Crippen molar-refractivity contribution in [2.24, 2.45) is 0 Å². The van der Waals surface area contributed by atoms with Gasteiger partial charge in [-0.25, -0.2) is 4.79 Å².